The van der Waals surface area contributed by atoms with Crippen LogP contribution in [0.3, 0.4) is 0 Å². The van der Waals surface area contributed by atoms with Gasteiger partial charge in [0, 0.05) is 6.04 Å². The van der Waals surface area contributed by atoms with E-state index in [-0.39, 0.29) is 6.04 Å². The average Bonchev–Trinajstić information content (AvgIpc) is 1.95. The van der Waals surface area contributed by atoms with E-state index in [0.717, 1.165) is 19.3 Å². The van der Waals surface area contributed by atoms with Gasteiger partial charge in [-0.05, 0) is 26.3 Å². The molecule has 1 fully saturated rings. The predicted octanol–water partition coefficient (Wildman–Crippen LogP) is -0.520. The summed E-state index contributed by atoms with van der Waals surface area (Å²) < 4.78 is 0. The van der Waals surface area contributed by atoms with Gasteiger partial charge >= 0.3 is 0 Å². The normalized spacial score (nSPS) is 41.7. The smallest absolute Gasteiger partial charge is 0.0951 e. The lowest BCUT2D eigenvalue weighted by atomic mass is 9.90. The van der Waals surface area contributed by atoms with E-state index in [1.54, 1.807) is 0 Å². The van der Waals surface area contributed by atoms with Crippen molar-refractivity contribution in [3.05, 3.63) is 0 Å². The van der Waals surface area contributed by atoms with E-state index >= 15 is 0 Å². The third kappa shape index (κ3) is 1.48. The molecule has 1 aliphatic rings. The van der Waals surface area contributed by atoms with Gasteiger partial charge in [-0.15, -0.1) is 0 Å². The molecule has 1 unspecified atom stereocenters. The molecule has 3 heteroatoms. The zero-order valence-electron chi connectivity index (χ0n) is 6.25. The summed E-state index contributed by atoms with van der Waals surface area (Å²) in [5, 5.41) is 21.5. The van der Waals surface area contributed by atoms with E-state index < -0.39 is 12.2 Å². The SMILES string of the molecule is CNC1CCC[C@H](O)[C@@H]1O. The lowest BCUT2D eigenvalue weighted by Crippen LogP contribution is -2.47. The fourth-order valence-corrected chi connectivity index (χ4v) is 1.47. The lowest BCUT2D eigenvalue weighted by molar-refractivity contribution is -0.0276. The minimum atomic E-state index is -0.571. The second kappa shape index (κ2) is 3.32. The van der Waals surface area contributed by atoms with Gasteiger partial charge in [0.05, 0.1) is 12.2 Å². The van der Waals surface area contributed by atoms with Crippen LogP contribution in [-0.4, -0.2) is 35.5 Å². The first-order chi connectivity index (χ1) is 4.75. The van der Waals surface area contributed by atoms with Crippen LogP contribution in [0, 0.1) is 0 Å². The van der Waals surface area contributed by atoms with Gasteiger partial charge in [-0.2, -0.15) is 0 Å². The van der Waals surface area contributed by atoms with Crippen LogP contribution in [0.4, 0.5) is 0 Å². The highest BCUT2D eigenvalue weighted by Crippen LogP contribution is 2.18. The molecular formula is C7H15NO2. The predicted molar refractivity (Wildman–Crippen MR) is 38.7 cm³/mol. The molecule has 60 valence electrons. The first-order valence-corrected chi connectivity index (χ1v) is 3.79. The van der Waals surface area contributed by atoms with E-state index in [2.05, 4.69) is 5.32 Å². The summed E-state index contributed by atoms with van der Waals surface area (Å²) in [6.07, 6.45) is 1.61. The zero-order chi connectivity index (χ0) is 7.56. The minimum Gasteiger partial charge on any atom is -0.390 e. The monoisotopic (exact) mass is 145 g/mol. The van der Waals surface area contributed by atoms with E-state index in [0.29, 0.717) is 0 Å². The molecule has 1 aliphatic carbocycles. The Hall–Kier alpha value is -0.120. The van der Waals surface area contributed by atoms with Crippen molar-refractivity contribution in [3.8, 4) is 0 Å². The van der Waals surface area contributed by atoms with Crippen molar-refractivity contribution in [2.24, 2.45) is 0 Å². The summed E-state index contributed by atoms with van der Waals surface area (Å²) in [6.45, 7) is 0. The van der Waals surface area contributed by atoms with Crippen molar-refractivity contribution in [1.29, 1.82) is 0 Å². The molecule has 10 heavy (non-hydrogen) atoms. The maximum atomic E-state index is 9.32. The number of nitrogens with one attached hydrogen (secondary N) is 1. The second-order valence-electron chi connectivity index (χ2n) is 2.88. The van der Waals surface area contributed by atoms with Crippen molar-refractivity contribution in [3.63, 3.8) is 0 Å². The molecule has 0 heterocycles. The molecule has 0 aromatic heterocycles. The molecule has 0 radical (unpaired) electrons. The topological polar surface area (TPSA) is 52.5 Å². The molecule has 0 bridgehead atoms. The molecular weight excluding hydrogens is 130 g/mol. The number of likely N-dealkylation sites (N-methyl/N-ethyl adjacent to an activating group) is 1. The third-order valence-electron chi connectivity index (χ3n) is 2.19. The molecule has 0 amide bonds. The maximum Gasteiger partial charge on any atom is 0.0951 e. The van der Waals surface area contributed by atoms with Crippen molar-refractivity contribution in [2.75, 3.05) is 7.05 Å². The quantitative estimate of drug-likeness (QED) is 0.465. The largest absolute Gasteiger partial charge is 0.390 e. The van der Waals surface area contributed by atoms with E-state index in [1.165, 1.54) is 0 Å². The van der Waals surface area contributed by atoms with Gasteiger partial charge in [0.15, 0.2) is 0 Å². The van der Waals surface area contributed by atoms with Crippen LogP contribution in [-0.2, 0) is 0 Å². The first kappa shape index (κ1) is 7.98. The molecule has 3 N–H and O–H groups in total. The number of aliphatic hydroxyl groups is 2. The molecule has 0 saturated heterocycles. The molecule has 1 rings (SSSR count). The van der Waals surface area contributed by atoms with E-state index in [9.17, 15) is 10.2 Å². The summed E-state index contributed by atoms with van der Waals surface area (Å²) in [5.41, 5.74) is 0. The molecule has 3 nitrogen and oxygen atoms in total. The fourth-order valence-electron chi connectivity index (χ4n) is 1.47. The zero-order valence-corrected chi connectivity index (χ0v) is 6.25. The van der Waals surface area contributed by atoms with Crippen molar-refractivity contribution in [1.82, 2.24) is 5.32 Å². The summed E-state index contributed by atoms with van der Waals surface area (Å²) in [5.74, 6) is 0. The highest BCUT2D eigenvalue weighted by atomic mass is 16.3. The van der Waals surface area contributed by atoms with Crippen LogP contribution in [0.2, 0.25) is 0 Å². The van der Waals surface area contributed by atoms with Gasteiger partial charge in [0.25, 0.3) is 0 Å². The molecule has 1 saturated carbocycles. The number of hydrogen-bond acceptors (Lipinski definition) is 3. The van der Waals surface area contributed by atoms with Crippen LogP contribution in [0.25, 0.3) is 0 Å². The Morgan fingerprint density at radius 2 is 2.00 bits per heavy atom. The number of hydrogen-bond donors (Lipinski definition) is 3. The van der Waals surface area contributed by atoms with Gasteiger partial charge < -0.3 is 15.5 Å². The van der Waals surface area contributed by atoms with Crippen LogP contribution in [0.5, 0.6) is 0 Å². The Kier molecular flexibility index (Phi) is 2.65. The Morgan fingerprint density at radius 3 is 2.50 bits per heavy atom. The van der Waals surface area contributed by atoms with Gasteiger partial charge in [0.1, 0.15) is 0 Å². The number of rotatable bonds is 1. The standard InChI is InChI=1S/C7H15NO2/c1-8-5-3-2-4-6(9)7(5)10/h5-10H,2-4H2,1H3/t5?,6-,7+/m0/s1. The Bertz CT molecular complexity index is 108. The summed E-state index contributed by atoms with van der Waals surface area (Å²) >= 11 is 0. The van der Waals surface area contributed by atoms with Gasteiger partial charge in [0.2, 0.25) is 0 Å². The van der Waals surface area contributed by atoms with E-state index in [4.69, 9.17) is 0 Å². The first-order valence-electron chi connectivity index (χ1n) is 3.79. The maximum absolute atomic E-state index is 9.32. The molecule has 0 aromatic rings. The lowest BCUT2D eigenvalue weighted by Gasteiger charge is -2.31. The fraction of sp³-hybridized carbons (Fsp3) is 1.00. The van der Waals surface area contributed by atoms with Crippen molar-refractivity contribution in [2.45, 2.75) is 37.5 Å². The van der Waals surface area contributed by atoms with Crippen LogP contribution >= 0.6 is 0 Å². The summed E-state index contributed by atoms with van der Waals surface area (Å²) in [7, 11) is 1.81. The van der Waals surface area contributed by atoms with Gasteiger partial charge in [-0.25, -0.2) is 0 Å². The van der Waals surface area contributed by atoms with E-state index in [1.807, 2.05) is 7.05 Å². The van der Waals surface area contributed by atoms with Gasteiger partial charge in [-0.1, -0.05) is 0 Å². The molecule has 0 aromatic carbocycles. The van der Waals surface area contributed by atoms with Crippen molar-refractivity contribution < 1.29 is 10.2 Å². The second-order valence-corrected chi connectivity index (χ2v) is 2.88. The molecule has 0 spiro atoms. The molecule has 0 aliphatic heterocycles. The highest BCUT2D eigenvalue weighted by molar-refractivity contribution is 4.85. The van der Waals surface area contributed by atoms with Crippen LogP contribution < -0.4 is 5.32 Å². The Balaban J connectivity index is 2.42. The summed E-state index contributed by atoms with van der Waals surface area (Å²) in [4.78, 5) is 0. The van der Waals surface area contributed by atoms with Gasteiger partial charge in [-0.3, -0.25) is 0 Å². The minimum absolute atomic E-state index is 0.0868. The van der Waals surface area contributed by atoms with Crippen LogP contribution in [0.15, 0.2) is 0 Å². The summed E-state index contributed by atoms with van der Waals surface area (Å²) in [6, 6.07) is 0.0868. The third-order valence-corrected chi connectivity index (χ3v) is 2.19. The highest BCUT2D eigenvalue weighted by Gasteiger charge is 2.28. The number of aliphatic hydroxyl groups excluding tert-OH is 2. The van der Waals surface area contributed by atoms with Crippen LogP contribution in [0.1, 0.15) is 19.3 Å². The Morgan fingerprint density at radius 1 is 1.30 bits per heavy atom. The Labute approximate surface area is 61.1 Å². The average molecular weight is 145 g/mol. The van der Waals surface area contributed by atoms with Crippen molar-refractivity contribution >= 4 is 0 Å². The molecule has 3 atom stereocenters.